The predicted octanol–water partition coefficient (Wildman–Crippen LogP) is 6.03. The molecular formula is C25H31F3N4O2. The minimum atomic E-state index is -4.42. The van der Waals surface area contributed by atoms with Gasteiger partial charge in [-0.15, -0.1) is 0 Å². The minimum absolute atomic E-state index is 0.0794. The Labute approximate surface area is 198 Å². The molecule has 6 nitrogen and oxygen atoms in total. The number of halogens is 3. The van der Waals surface area contributed by atoms with Gasteiger partial charge in [0.15, 0.2) is 6.61 Å². The first-order valence-corrected chi connectivity index (χ1v) is 11.1. The van der Waals surface area contributed by atoms with Crippen LogP contribution in [0.15, 0.2) is 70.6 Å². The number of nitrogens with one attached hydrogen (secondary N) is 2. The third kappa shape index (κ3) is 8.53. The number of amides is 1. The highest BCUT2D eigenvalue weighted by atomic mass is 19.4. The fraction of sp³-hybridized carbons (Fsp3) is 0.400. The maximum atomic E-state index is 12.9. The molecule has 2 atom stereocenters. The molecule has 34 heavy (non-hydrogen) atoms. The van der Waals surface area contributed by atoms with Gasteiger partial charge in [0.25, 0.3) is 0 Å². The smallest absolute Gasteiger partial charge is 0.422 e. The molecule has 0 saturated carbocycles. The summed E-state index contributed by atoms with van der Waals surface area (Å²) in [5.41, 5.74) is 6.11. The fourth-order valence-corrected chi connectivity index (χ4v) is 3.26. The molecule has 2 aromatic carbocycles. The lowest BCUT2D eigenvalue weighted by molar-refractivity contribution is -0.153. The van der Waals surface area contributed by atoms with E-state index in [2.05, 4.69) is 34.9 Å². The first-order chi connectivity index (χ1) is 16.2. The van der Waals surface area contributed by atoms with Crippen LogP contribution in [0.3, 0.4) is 0 Å². The van der Waals surface area contributed by atoms with Crippen LogP contribution in [0.1, 0.15) is 55.8 Å². The largest absolute Gasteiger partial charge is 0.484 e. The van der Waals surface area contributed by atoms with Gasteiger partial charge in [-0.3, -0.25) is 10.2 Å². The summed E-state index contributed by atoms with van der Waals surface area (Å²) in [6.45, 7) is 4.69. The van der Waals surface area contributed by atoms with Gasteiger partial charge in [-0.25, -0.2) is 0 Å². The van der Waals surface area contributed by atoms with E-state index in [1.807, 2.05) is 24.3 Å². The number of allylic oxidation sites excluding steroid dienone is 1. The SMILES string of the molecule is C/C=C(\NN=NC)[C@@H](NC(=O)Cc1ccc(C(C)CC)cc1)c1ccc(OCC(F)(F)F)cc1. The lowest BCUT2D eigenvalue weighted by Gasteiger charge is -2.22. The molecule has 0 bridgehead atoms. The number of carbonyl (C=O) groups excluding carboxylic acids is 1. The molecule has 2 aromatic rings. The van der Waals surface area contributed by atoms with Crippen molar-refractivity contribution < 1.29 is 22.7 Å². The van der Waals surface area contributed by atoms with Crippen molar-refractivity contribution in [3.63, 3.8) is 0 Å². The van der Waals surface area contributed by atoms with Crippen molar-refractivity contribution in [3.05, 3.63) is 77.0 Å². The normalized spacial score (nSPS) is 14.0. The number of hydrogen-bond donors (Lipinski definition) is 2. The van der Waals surface area contributed by atoms with Crippen LogP contribution in [0.5, 0.6) is 5.75 Å². The Balaban J connectivity index is 2.18. The summed E-state index contributed by atoms with van der Waals surface area (Å²) in [7, 11) is 1.50. The van der Waals surface area contributed by atoms with Gasteiger partial charge in [-0.1, -0.05) is 61.5 Å². The molecule has 1 unspecified atom stereocenters. The van der Waals surface area contributed by atoms with Crippen molar-refractivity contribution in [1.82, 2.24) is 10.7 Å². The summed E-state index contributed by atoms with van der Waals surface area (Å²) >= 11 is 0. The predicted molar refractivity (Wildman–Crippen MR) is 125 cm³/mol. The van der Waals surface area contributed by atoms with E-state index in [1.54, 1.807) is 25.1 Å². The van der Waals surface area contributed by atoms with E-state index in [-0.39, 0.29) is 18.1 Å². The summed E-state index contributed by atoms with van der Waals surface area (Å²) in [6, 6.07) is 13.4. The minimum Gasteiger partial charge on any atom is -0.484 e. The quantitative estimate of drug-likeness (QED) is 0.307. The topological polar surface area (TPSA) is 75.1 Å². The molecule has 0 aliphatic carbocycles. The number of hydrogen-bond acceptors (Lipinski definition) is 4. The first kappa shape index (κ1) is 26.9. The second-order valence-corrected chi connectivity index (χ2v) is 7.86. The van der Waals surface area contributed by atoms with Crippen LogP contribution in [0.25, 0.3) is 0 Å². The lowest BCUT2D eigenvalue weighted by Crippen LogP contribution is -2.34. The standard InChI is InChI=1S/C25H31F3N4O2/c1-5-17(3)19-9-7-18(8-10-19)15-23(33)30-24(22(6-2)31-32-29-4)20-11-13-21(14-12-20)34-16-25(26,27)28/h6-14,17,24H,5,15-16H2,1-4H3,(H,29,31)(H,30,33)/b22-6-/t17?,24-/m0/s1. The van der Waals surface area contributed by atoms with Gasteiger partial charge in [-0.05, 0) is 48.1 Å². The second-order valence-electron chi connectivity index (χ2n) is 7.86. The highest BCUT2D eigenvalue weighted by Gasteiger charge is 2.28. The van der Waals surface area contributed by atoms with Gasteiger partial charge in [0.2, 0.25) is 5.91 Å². The third-order valence-electron chi connectivity index (χ3n) is 5.35. The Morgan fingerprint density at radius 2 is 1.71 bits per heavy atom. The molecule has 0 radical (unpaired) electrons. The van der Waals surface area contributed by atoms with Crippen molar-refractivity contribution >= 4 is 5.91 Å². The molecule has 2 rings (SSSR count). The summed E-state index contributed by atoms with van der Waals surface area (Å²) < 4.78 is 42.0. The van der Waals surface area contributed by atoms with Crippen molar-refractivity contribution in [2.75, 3.05) is 13.7 Å². The summed E-state index contributed by atoms with van der Waals surface area (Å²) in [6.07, 6.45) is -1.46. The van der Waals surface area contributed by atoms with Gasteiger partial charge >= 0.3 is 6.18 Å². The van der Waals surface area contributed by atoms with Crippen molar-refractivity contribution in [3.8, 4) is 5.75 Å². The summed E-state index contributed by atoms with van der Waals surface area (Å²) in [4.78, 5) is 12.9. The Kier molecular flexibility index (Phi) is 10.1. The average molecular weight is 477 g/mol. The first-order valence-electron chi connectivity index (χ1n) is 11.1. The summed E-state index contributed by atoms with van der Waals surface area (Å²) in [5, 5.41) is 10.4. The molecule has 2 N–H and O–H groups in total. The van der Waals surface area contributed by atoms with E-state index in [0.29, 0.717) is 17.2 Å². The molecule has 0 spiro atoms. The third-order valence-corrected chi connectivity index (χ3v) is 5.35. The number of rotatable bonds is 11. The Morgan fingerprint density at radius 1 is 1.09 bits per heavy atom. The van der Waals surface area contributed by atoms with Crippen LogP contribution in [0, 0.1) is 0 Å². The van der Waals surface area contributed by atoms with Crippen LogP contribution >= 0.6 is 0 Å². The molecule has 184 valence electrons. The zero-order valence-corrected chi connectivity index (χ0v) is 19.8. The molecule has 0 heterocycles. The molecule has 9 heteroatoms. The molecule has 0 aliphatic rings. The van der Waals surface area contributed by atoms with E-state index in [0.717, 1.165) is 12.0 Å². The summed E-state index contributed by atoms with van der Waals surface area (Å²) in [5.74, 6) is 0.315. The van der Waals surface area contributed by atoms with Gasteiger partial charge in [-0.2, -0.15) is 18.3 Å². The van der Waals surface area contributed by atoms with Gasteiger partial charge in [0, 0.05) is 0 Å². The molecule has 0 aliphatic heterocycles. The van der Waals surface area contributed by atoms with Crippen LogP contribution < -0.4 is 15.5 Å². The van der Waals surface area contributed by atoms with E-state index in [1.165, 1.54) is 24.7 Å². The molecule has 1 amide bonds. The Morgan fingerprint density at radius 3 is 2.24 bits per heavy atom. The zero-order valence-electron chi connectivity index (χ0n) is 19.8. The number of ether oxygens (including phenoxy) is 1. The van der Waals surface area contributed by atoms with Gasteiger partial charge < -0.3 is 10.1 Å². The van der Waals surface area contributed by atoms with Crippen molar-refractivity contribution in [2.24, 2.45) is 10.3 Å². The Hall–Kier alpha value is -3.36. The maximum Gasteiger partial charge on any atom is 0.422 e. The second kappa shape index (κ2) is 12.8. The average Bonchev–Trinajstić information content (AvgIpc) is 2.82. The lowest BCUT2D eigenvalue weighted by atomic mass is 9.97. The monoisotopic (exact) mass is 476 g/mol. The van der Waals surface area contributed by atoms with Crippen LogP contribution in [-0.4, -0.2) is 25.7 Å². The molecular weight excluding hydrogens is 445 g/mol. The van der Waals surface area contributed by atoms with E-state index in [4.69, 9.17) is 4.74 Å². The van der Waals surface area contributed by atoms with Crippen molar-refractivity contribution in [1.29, 1.82) is 0 Å². The van der Waals surface area contributed by atoms with E-state index < -0.39 is 18.8 Å². The van der Waals surface area contributed by atoms with Gasteiger partial charge in [0.05, 0.1) is 25.2 Å². The highest BCUT2D eigenvalue weighted by molar-refractivity contribution is 5.79. The molecule has 0 fully saturated rings. The number of benzene rings is 2. The number of nitrogens with zero attached hydrogens (tertiary/aromatic N) is 2. The van der Waals surface area contributed by atoms with Gasteiger partial charge in [0.1, 0.15) is 5.75 Å². The van der Waals surface area contributed by atoms with Crippen LogP contribution in [-0.2, 0) is 11.2 Å². The number of carbonyl (C=O) groups is 1. The maximum absolute atomic E-state index is 12.9. The van der Waals surface area contributed by atoms with E-state index >= 15 is 0 Å². The van der Waals surface area contributed by atoms with Crippen LogP contribution in [0.2, 0.25) is 0 Å². The zero-order chi connectivity index (χ0) is 25.1. The Bertz CT molecular complexity index is 971. The highest BCUT2D eigenvalue weighted by Crippen LogP contribution is 2.25. The fourth-order valence-electron chi connectivity index (χ4n) is 3.26. The van der Waals surface area contributed by atoms with E-state index in [9.17, 15) is 18.0 Å². The van der Waals surface area contributed by atoms with Crippen molar-refractivity contribution in [2.45, 2.75) is 51.7 Å². The molecule has 0 aromatic heterocycles. The van der Waals surface area contributed by atoms with Crippen LogP contribution in [0.4, 0.5) is 13.2 Å². The number of alkyl halides is 3. The molecule has 0 saturated heterocycles.